The number of rotatable bonds is 6. The molecule has 7 nitrogen and oxygen atoms in total. The summed E-state index contributed by atoms with van der Waals surface area (Å²) in [5.74, 6) is -0.131. The van der Waals surface area contributed by atoms with E-state index in [9.17, 15) is 20.2 Å². The molecule has 126 valence electrons. The number of hydrogen-bond donors (Lipinski definition) is 1. The quantitative estimate of drug-likeness (QED) is 0.478. The molecule has 1 atom stereocenters. The van der Waals surface area contributed by atoms with E-state index >= 15 is 0 Å². The Morgan fingerprint density at radius 1 is 1.58 bits per heavy atom. The van der Waals surface area contributed by atoms with Gasteiger partial charge in [0, 0.05) is 12.1 Å². The third-order valence-electron chi connectivity index (χ3n) is 3.68. The fraction of sp³-hybridized carbons (Fsp3) is 0.400. The van der Waals surface area contributed by atoms with Gasteiger partial charge in [0.25, 0.3) is 5.69 Å². The van der Waals surface area contributed by atoms with Crippen LogP contribution in [0.1, 0.15) is 20.8 Å². The highest BCUT2D eigenvalue weighted by atomic mass is 32.2. The number of aromatic nitrogens is 1. The molecule has 1 N–H and O–H groups in total. The summed E-state index contributed by atoms with van der Waals surface area (Å²) in [5.41, 5.74) is -0.231. The van der Waals surface area contributed by atoms with Gasteiger partial charge < -0.3 is 5.32 Å². The molecule has 0 saturated carbocycles. The van der Waals surface area contributed by atoms with Crippen LogP contribution < -0.4 is 5.32 Å². The van der Waals surface area contributed by atoms with Crippen molar-refractivity contribution in [2.45, 2.75) is 30.6 Å². The Morgan fingerprint density at radius 2 is 2.29 bits per heavy atom. The van der Waals surface area contributed by atoms with Crippen molar-refractivity contribution in [2.75, 3.05) is 5.75 Å². The summed E-state index contributed by atoms with van der Waals surface area (Å²) in [5, 5.41) is 22.7. The van der Waals surface area contributed by atoms with Crippen LogP contribution in [0.5, 0.6) is 0 Å². The van der Waals surface area contributed by atoms with E-state index in [1.165, 1.54) is 35.2 Å². The summed E-state index contributed by atoms with van der Waals surface area (Å²) in [7, 11) is 0. The monoisotopic (exact) mass is 364 g/mol. The Kier molecular flexibility index (Phi) is 5.41. The smallest absolute Gasteiger partial charge is 0.270 e. The van der Waals surface area contributed by atoms with Gasteiger partial charge in [0.1, 0.15) is 5.54 Å². The molecular formula is C15H16N4O3S2. The van der Waals surface area contributed by atoms with Crippen LogP contribution >= 0.6 is 23.1 Å². The van der Waals surface area contributed by atoms with E-state index in [0.29, 0.717) is 14.6 Å². The molecule has 2 rings (SSSR count). The van der Waals surface area contributed by atoms with Crippen LogP contribution in [-0.2, 0) is 4.79 Å². The van der Waals surface area contributed by atoms with Gasteiger partial charge in [0.15, 0.2) is 4.34 Å². The van der Waals surface area contributed by atoms with Crippen LogP contribution in [0.25, 0.3) is 10.2 Å². The molecule has 1 aromatic carbocycles. The number of nitrogens with zero attached hydrogens (tertiary/aromatic N) is 3. The summed E-state index contributed by atoms with van der Waals surface area (Å²) >= 11 is 2.55. The van der Waals surface area contributed by atoms with E-state index in [1.54, 1.807) is 13.0 Å². The number of nitrogens with one attached hydrogen (secondary N) is 1. The Morgan fingerprint density at radius 3 is 2.88 bits per heavy atom. The molecule has 0 unspecified atom stereocenters. The third-order valence-corrected chi connectivity index (χ3v) is 5.84. The Hall–Kier alpha value is -2.18. The van der Waals surface area contributed by atoms with E-state index in [2.05, 4.69) is 16.4 Å². The summed E-state index contributed by atoms with van der Waals surface area (Å²) in [6, 6.07) is 6.61. The molecule has 0 aliphatic carbocycles. The normalized spacial score (nSPS) is 13.5. The number of nitriles is 1. The SMILES string of the molecule is CC(C)[C@](C)(C#N)NC(=O)CSc1nc2ccc([N+](=O)[O-])cc2s1. The predicted molar refractivity (Wildman–Crippen MR) is 94.0 cm³/mol. The van der Waals surface area contributed by atoms with E-state index in [1.807, 2.05) is 13.8 Å². The van der Waals surface area contributed by atoms with Gasteiger partial charge in [-0.05, 0) is 18.9 Å². The number of fused-ring (bicyclic) bond motifs is 1. The zero-order chi connectivity index (χ0) is 17.9. The number of thiazole rings is 1. The first-order chi connectivity index (χ1) is 11.2. The van der Waals surface area contributed by atoms with Crippen molar-refractivity contribution >= 4 is 44.9 Å². The fourth-order valence-corrected chi connectivity index (χ4v) is 3.72. The lowest BCUT2D eigenvalue weighted by atomic mass is 9.90. The minimum Gasteiger partial charge on any atom is -0.337 e. The van der Waals surface area contributed by atoms with Gasteiger partial charge >= 0.3 is 0 Å². The lowest BCUT2D eigenvalue weighted by Gasteiger charge is -2.27. The van der Waals surface area contributed by atoms with E-state index in [0.717, 1.165) is 0 Å². The second-order valence-electron chi connectivity index (χ2n) is 5.69. The van der Waals surface area contributed by atoms with Crippen LogP contribution in [0.3, 0.4) is 0 Å². The van der Waals surface area contributed by atoms with E-state index < -0.39 is 10.5 Å². The zero-order valence-corrected chi connectivity index (χ0v) is 15.0. The van der Waals surface area contributed by atoms with Crippen molar-refractivity contribution in [1.29, 1.82) is 5.26 Å². The number of nitro benzene ring substituents is 1. The number of carbonyl (C=O) groups is 1. The third kappa shape index (κ3) is 4.01. The molecule has 24 heavy (non-hydrogen) atoms. The number of nitro groups is 1. The second kappa shape index (κ2) is 7.15. The maximum absolute atomic E-state index is 12.1. The lowest BCUT2D eigenvalue weighted by Crippen LogP contribution is -2.49. The Bertz CT molecular complexity index is 828. The summed E-state index contributed by atoms with van der Waals surface area (Å²) in [6.45, 7) is 5.44. The minimum absolute atomic E-state index is 0.0144. The molecule has 1 aromatic heterocycles. The molecule has 0 aliphatic rings. The first-order valence-electron chi connectivity index (χ1n) is 7.15. The van der Waals surface area contributed by atoms with Gasteiger partial charge in [0.05, 0.1) is 27.0 Å². The van der Waals surface area contributed by atoms with Crippen molar-refractivity contribution in [1.82, 2.24) is 10.3 Å². The van der Waals surface area contributed by atoms with E-state index in [4.69, 9.17) is 0 Å². The molecule has 0 bridgehead atoms. The number of benzene rings is 1. The van der Waals surface area contributed by atoms with Crippen molar-refractivity contribution in [2.24, 2.45) is 5.92 Å². The number of thioether (sulfide) groups is 1. The largest absolute Gasteiger partial charge is 0.337 e. The average molecular weight is 364 g/mol. The first-order valence-corrected chi connectivity index (χ1v) is 8.95. The highest BCUT2D eigenvalue weighted by Crippen LogP contribution is 2.31. The van der Waals surface area contributed by atoms with Gasteiger partial charge in [-0.2, -0.15) is 5.26 Å². The molecule has 9 heteroatoms. The number of non-ortho nitro benzene ring substituents is 1. The molecule has 0 spiro atoms. The van der Waals surface area contributed by atoms with Gasteiger partial charge in [-0.25, -0.2) is 4.98 Å². The zero-order valence-electron chi connectivity index (χ0n) is 13.4. The Labute approximate surface area is 147 Å². The van der Waals surface area contributed by atoms with E-state index in [-0.39, 0.29) is 23.3 Å². The molecule has 1 heterocycles. The van der Waals surface area contributed by atoms with Gasteiger partial charge in [-0.15, -0.1) is 11.3 Å². The maximum atomic E-state index is 12.1. The molecule has 0 fully saturated rings. The minimum atomic E-state index is -0.911. The molecule has 0 radical (unpaired) electrons. The van der Waals surface area contributed by atoms with Crippen molar-refractivity contribution in [3.05, 3.63) is 28.3 Å². The molecular weight excluding hydrogens is 348 g/mol. The maximum Gasteiger partial charge on any atom is 0.270 e. The van der Waals surface area contributed by atoms with Crippen LogP contribution in [-0.4, -0.2) is 27.1 Å². The lowest BCUT2D eigenvalue weighted by molar-refractivity contribution is -0.384. The molecule has 0 saturated heterocycles. The highest BCUT2D eigenvalue weighted by molar-refractivity contribution is 8.01. The number of hydrogen-bond acceptors (Lipinski definition) is 7. The van der Waals surface area contributed by atoms with Crippen molar-refractivity contribution < 1.29 is 9.72 Å². The summed E-state index contributed by atoms with van der Waals surface area (Å²) < 4.78 is 1.36. The second-order valence-corrected chi connectivity index (χ2v) is 7.95. The van der Waals surface area contributed by atoms with Crippen LogP contribution in [0.2, 0.25) is 0 Å². The van der Waals surface area contributed by atoms with Gasteiger partial charge in [0.2, 0.25) is 5.91 Å². The standard InChI is InChI=1S/C15H16N4O3S2/c1-9(2)15(3,8-16)18-13(20)7-23-14-17-11-5-4-10(19(21)22)6-12(11)24-14/h4-6,9H,7H2,1-3H3,(H,18,20)/t15-/m0/s1. The number of amides is 1. The predicted octanol–water partition coefficient (Wildman–Crippen LogP) is 3.35. The number of carbonyl (C=O) groups excluding carboxylic acids is 1. The highest BCUT2D eigenvalue weighted by Gasteiger charge is 2.29. The van der Waals surface area contributed by atoms with Crippen LogP contribution in [0, 0.1) is 27.4 Å². The van der Waals surface area contributed by atoms with Crippen molar-refractivity contribution in [3.63, 3.8) is 0 Å². The fourth-order valence-electron chi connectivity index (χ4n) is 1.82. The summed E-state index contributed by atoms with van der Waals surface area (Å²) in [6.07, 6.45) is 0. The molecule has 1 amide bonds. The topological polar surface area (TPSA) is 109 Å². The van der Waals surface area contributed by atoms with Crippen LogP contribution in [0.15, 0.2) is 22.5 Å². The summed E-state index contributed by atoms with van der Waals surface area (Å²) in [4.78, 5) is 26.7. The molecule has 0 aliphatic heterocycles. The van der Waals surface area contributed by atoms with Crippen molar-refractivity contribution in [3.8, 4) is 6.07 Å². The van der Waals surface area contributed by atoms with Gasteiger partial charge in [-0.1, -0.05) is 25.6 Å². The molecule has 2 aromatic rings. The first kappa shape index (κ1) is 18.2. The average Bonchev–Trinajstić information content (AvgIpc) is 2.94. The Balaban J connectivity index is 2.04. The van der Waals surface area contributed by atoms with Crippen LogP contribution in [0.4, 0.5) is 5.69 Å². The van der Waals surface area contributed by atoms with Gasteiger partial charge in [-0.3, -0.25) is 14.9 Å².